The maximum Gasteiger partial charge on any atom is 0.374 e. The second kappa shape index (κ2) is 5.92. The van der Waals surface area contributed by atoms with Gasteiger partial charge in [0.1, 0.15) is 6.10 Å². The molecule has 0 spiro atoms. The van der Waals surface area contributed by atoms with Gasteiger partial charge in [-0.3, -0.25) is 0 Å². The van der Waals surface area contributed by atoms with Crippen molar-refractivity contribution in [3.05, 3.63) is 22.6 Å². The fourth-order valence-corrected chi connectivity index (χ4v) is 1.29. The van der Waals surface area contributed by atoms with Crippen LogP contribution in [-0.4, -0.2) is 25.3 Å². The number of esters is 1. The Kier molecular flexibility index (Phi) is 4.84. The van der Waals surface area contributed by atoms with Gasteiger partial charge < -0.3 is 13.9 Å². The maximum absolute atomic E-state index is 11.4. The zero-order valence-electron chi connectivity index (χ0n) is 8.66. The molecule has 0 amide bonds. The van der Waals surface area contributed by atoms with E-state index < -0.39 is 5.97 Å². The Labute approximate surface area is 96.7 Å². The van der Waals surface area contributed by atoms with Crippen LogP contribution in [0.1, 0.15) is 24.4 Å². The van der Waals surface area contributed by atoms with Gasteiger partial charge in [-0.15, -0.1) is 0 Å². The highest BCUT2D eigenvalue weighted by molar-refractivity contribution is 9.10. The molecule has 0 aromatic carbocycles. The molecule has 0 bridgehead atoms. The summed E-state index contributed by atoms with van der Waals surface area (Å²) in [6.07, 6.45) is -0.277. The van der Waals surface area contributed by atoms with E-state index in [1.807, 2.05) is 6.92 Å². The Bertz CT molecular complexity index is 321. The van der Waals surface area contributed by atoms with E-state index in [-0.39, 0.29) is 11.9 Å². The number of halogens is 1. The molecule has 1 heterocycles. The van der Waals surface area contributed by atoms with E-state index in [0.29, 0.717) is 17.9 Å². The summed E-state index contributed by atoms with van der Waals surface area (Å²) in [4.78, 5) is 11.4. The third-order valence-electron chi connectivity index (χ3n) is 1.64. The third kappa shape index (κ3) is 4.05. The van der Waals surface area contributed by atoms with Crippen molar-refractivity contribution in [1.29, 1.82) is 0 Å². The fraction of sp³-hybridized carbons (Fsp3) is 0.500. The average Bonchev–Trinajstić information content (AvgIpc) is 2.61. The summed E-state index contributed by atoms with van der Waals surface area (Å²) >= 11 is 3.11. The first-order chi connectivity index (χ1) is 7.13. The minimum absolute atomic E-state index is 0.185. The van der Waals surface area contributed by atoms with Crippen LogP contribution in [0.15, 0.2) is 21.2 Å². The van der Waals surface area contributed by atoms with Crippen molar-refractivity contribution in [2.24, 2.45) is 0 Å². The van der Waals surface area contributed by atoms with Gasteiger partial charge in [-0.25, -0.2) is 4.79 Å². The maximum atomic E-state index is 11.4. The molecule has 0 saturated carbocycles. The van der Waals surface area contributed by atoms with Gasteiger partial charge in [0, 0.05) is 6.61 Å². The molecule has 0 aliphatic heterocycles. The van der Waals surface area contributed by atoms with Crippen molar-refractivity contribution in [1.82, 2.24) is 0 Å². The Morgan fingerprint density at radius 3 is 2.87 bits per heavy atom. The van der Waals surface area contributed by atoms with Crippen molar-refractivity contribution in [3.63, 3.8) is 0 Å². The quantitative estimate of drug-likeness (QED) is 0.776. The molecule has 4 nitrogen and oxygen atoms in total. The topological polar surface area (TPSA) is 48.7 Å². The van der Waals surface area contributed by atoms with Crippen LogP contribution in [0.3, 0.4) is 0 Å². The van der Waals surface area contributed by atoms with Gasteiger partial charge in [-0.1, -0.05) is 0 Å². The van der Waals surface area contributed by atoms with E-state index in [1.54, 1.807) is 19.1 Å². The fourth-order valence-electron chi connectivity index (χ4n) is 0.983. The summed E-state index contributed by atoms with van der Waals surface area (Å²) in [6, 6.07) is 3.20. The van der Waals surface area contributed by atoms with Crippen LogP contribution in [0, 0.1) is 0 Å². The van der Waals surface area contributed by atoms with Crippen LogP contribution >= 0.6 is 15.9 Å². The lowest BCUT2D eigenvalue weighted by atomic mass is 10.4. The molecule has 0 unspecified atom stereocenters. The SMILES string of the molecule is CCOC[C@@H](C)OC(=O)c1ccc(Br)o1. The standard InChI is InChI=1S/C10H13BrO4/c1-3-13-6-7(2)14-10(12)8-4-5-9(11)15-8/h4-5,7H,3,6H2,1-2H3/t7-/m1/s1. The smallest absolute Gasteiger partial charge is 0.374 e. The first kappa shape index (κ1) is 12.3. The van der Waals surface area contributed by atoms with Crippen molar-refractivity contribution < 1.29 is 18.7 Å². The molecule has 15 heavy (non-hydrogen) atoms. The molecule has 5 heteroatoms. The molecule has 1 rings (SSSR count). The summed E-state index contributed by atoms with van der Waals surface area (Å²) in [5.74, 6) is -0.293. The summed E-state index contributed by atoms with van der Waals surface area (Å²) < 4.78 is 15.8. The molecule has 0 radical (unpaired) electrons. The molecule has 0 fully saturated rings. The molecular weight excluding hydrogens is 264 g/mol. The van der Waals surface area contributed by atoms with Crippen molar-refractivity contribution >= 4 is 21.9 Å². The van der Waals surface area contributed by atoms with Gasteiger partial charge in [-0.05, 0) is 41.9 Å². The summed E-state index contributed by atoms with van der Waals surface area (Å²) in [5.41, 5.74) is 0. The van der Waals surface area contributed by atoms with Gasteiger partial charge in [0.05, 0.1) is 6.61 Å². The lowest BCUT2D eigenvalue weighted by Crippen LogP contribution is -2.20. The largest absolute Gasteiger partial charge is 0.454 e. The van der Waals surface area contributed by atoms with Crippen LogP contribution in [-0.2, 0) is 9.47 Å². The monoisotopic (exact) mass is 276 g/mol. The highest BCUT2D eigenvalue weighted by Gasteiger charge is 2.15. The Morgan fingerprint density at radius 2 is 2.33 bits per heavy atom. The number of hydrogen-bond donors (Lipinski definition) is 0. The zero-order chi connectivity index (χ0) is 11.3. The van der Waals surface area contributed by atoms with Crippen molar-refractivity contribution in [2.75, 3.05) is 13.2 Å². The molecular formula is C10H13BrO4. The molecule has 0 aliphatic rings. The van der Waals surface area contributed by atoms with Crippen LogP contribution in [0.4, 0.5) is 0 Å². The highest BCUT2D eigenvalue weighted by atomic mass is 79.9. The van der Waals surface area contributed by atoms with Crippen LogP contribution in [0.5, 0.6) is 0 Å². The molecule has 0 aliphatic carbocycles. The number of carbonyl (C=O) groups is 1. The second-order valence-corrected chi connectivity index (χ2v) is 3.76. The van der Waals surface area contributed by atoms with Crippen LogP contribution in [0.2, 0.25) is 0 Å². The molecule has 0 saturated heterocycles. The van der Waals surface area contributed by atoms with Crippen LogP contribution < -0.4 is 0 Å². The third-order valence-corrected chi connectivity index (χ3v) is 2.07. The first-order valence-corrected chi connectivity index (χ1v) is 5.46. The van der Waals surface area contributed by atoms with E-state index in [0.717, 1.165) is 0 Å². The molecule has 1 atom stereocenters. The van der Waals surface area contributed by atoms with E-state index in [1.165, 1.54) is 0 Å². The summed E-state index contributed by atoms with van der Waals surface area (Å²) in [7, 11) is 0. The van der Waals surface area contributed by atoms with Gasteiger partial charge in [0.25, 0.3) is 0 Å². The Hall–Kier alpha value is -0.810. The summed E-state index contributed by atoms with van der Waals surface area (Å²) in [5, 5.41) is 0. The number of furan rings is 1. The number of ether oxygens (including phenoxy) is 2. The molecule has 84 valence electrons. The average molecular weight is 277 g/mol. The van der Waals surface area contributed by atoms with Gasteiger partial charge in [-0.2, -0.15) is 0 Å². The normalized spacial score (nSPS) is 12.5. The minimum Gasteiger partial charge on any atom is -0.454 e. The predicted octanol–water partition coefficient (Wildman–Crippen LogP) is 2.62. The molecule has 0 N–H and O–H groups in total. The van der Waals surface area contributed by atoms with E-state index in [4.69, 9.17) is 13.9 Å². The van der Waals surface area contributed by atoms with Gasteiger partial charge in [0.15, 0.2) is 4.67 Å². The zero-order valence-corrected chi connectivity index (χ0v) is 10.2. The van der Waals surface area contributed by atoms with Gasteiger partial charge >= 0.3 is 5.97 Å². The van der Waals surface area contributed by atoms with Crippen molar-refractivity contribution in [2.45, 2.75) is 20.0 Å². The lowest BCUT2D eigenvalue weighted by molar-refractivity contribution is 0.00167. The molecule has 1 aromatic heterocycles. The minimum atomic E-state index is -0.479. The van der Waals surface area contributed by atoms with E-state index in [9.17, 15) is 4.79 Å². The number of rotatable bonds is 5. The number of carbonyl (C=O) groups excluding carboxylic acids is 1. The second-order valence-electron chi connectivity index (χ2n) is 2.98. The molecule has 1 aromatic rings. The first-order valence-electron chi connectivity index (χ1n) is 4.67. The van der Waals surface area contributed by atoms with E-state index >= 15 is 0 Å². The van der Waals surface area contributed by atoms with Crippen molar-refractivity contribution in [3.8, 4) is 0 Å². The Balaban J connectivity index is 2.42. The number of hydrogen-bond acceptors (Lipinski definition) is 4. The lowest BCUT2D eigenvalue weighted by Gasteiger charge is -2.11. The van der Waals surface area contributed by atoms with E-state index in [2.05, 4.69) is 15.9 Å². The van der Waals surface area contributed by atoms with Crippen LogP contribution in [0.25, 0.3) is 0 Å². The Morgan fingerprint density at radius 1 is 1.60 bits per heavy atom. The highest BCUT2D eigenvalue weighted by Crippen LogP contribution is 2.15. The predicted molar refractivity (Wildman–Crippen MR) is 57.8 cm³/mol. The summed E-state index contributed by atoms with van der Waals surface area (Å²) in [6.45, 7) is 4.65. The van der Waals surface area contributed by atoms with Gasteiger partial charge in [0.2, 0.25) is 5.76 Å².